The normalized spacial score (nSPS) is 11.9. The van der Waals surface area contributed by atoms with Gasteiger partial charge in [-0.3, -0.25) is 4.79 Å². The van der Waals surface area contributed by atoms with E-state index < -0.39 is 27.3 Å². The summed E-state index contributed by atoms with van der Waals surface area (Å²) in [5.41, 5.74) is 1.53. The Bertz CT molecular complexity index is 1380. The Kier molecular flexibility index (Phi) is 7.30. The molecule has 3 aromatic rings. The van der Waals surface area contributed by atoms with Gasteiger partial charge in [0.25, 0.3) is 0 Å². The Morgan fingerprint density at radius 1 is 1.03 bits per heavy atom. The van der Waals surface area contributed by atoms with Gasteiger partial charge in [0.15, 0.2) is 0 Å². The molecular formula is C26H24FN3O3S. The van der Waals surface area contributed by atoms with E-state index in [1.54, 1.807) is 75.4 Å². The number of benzene rings is 3. The van der Waals surface area contributed by atoms with Gasteiger partial charge in [0.2, 0.25) is 15.9 Å². The van der Waals surface area contributed by atoms with Crippen LogP contribution in [-0.2, 0) is 14.8 Å². The topological polar surface area (TPSA) is 99.1 Å². The number of nitriles is 1. The van der Waals surface area contributed by atoms with Crippen LogP contribution in [0.1, 0.15) is 31.9 Å². The minimum Gasteiger partial charge on any atom is -0.323 e. The first kappa shape index (κ1) is 24.8. The molecule has 3 aromatic carbocycles. The molecule has 0 aliphatic carbocycles. The second-order valence-corrected chi connectivity index (χ2v) is 10.3. The minimum absolute atomic E-state index is 0.0989. The summed E-state index contributed by atoms with van der Waals surface area (Å²) in [5.74, 6) is -1.03. The number of nitrogens with zero attached hydrogens (tertiary/aromatic N) is 1. The highest BCUT2D eigenvalue weighted by atomic mass is 32.2. The van der Waals surface area contributed by atoms with Crippen LogP contribution in [-0.4, -0.2) is 19.9 Å². The lowest BCUT2D eigenvalue weighted by Crippen LogP contribution is -2.40. The van der Waals surface area contributed by atoms with Crippen molar-refractivity contribution in [3.8, 4) is 17.2 Å². The lowest BCUT2D eigenvalue weighted by Gasteiger charge is -2.21. The molecule has 0 aliphatic rings. The van der Waals surface area contributed by atoms with Crippen molar-refractivity contribution in [2.75, 3.05) is 5.32 Å². The summed E-state index contributed by atoms with van der Waals surface area (Å²) >= 11 is 0. The number of amides is 1. The fraction of sp³-hybridized carbons (Fsp3) is 0.154. The molecule has 0 unspecified atom stereocenters. The quantitative estimate of drug-likeness (QED) is 0.483. The Morgan fingerprint density at radius 2 is 1.71 bits per heavy atom. The van der Waals surface area contributed by atoms with E-state index in [2.05, 4.69) is 10.0 Å². The minimum atomic E-state index is -3.74. The molecular weight excluding hydrogens is 453 g/mol. The molecule has 34 heavy (non-hydrogen) atoms. The van der Waals surface area contributed by atoms with Crippen LogP contribution in [0.3, 0.4) is 0 Å². The molecule has 0 saturated carbocycles. The first-order valence-electron chi connectivity index (χ1n) is 10.4. The fourth-order valence-electron chi connectivity index (χ4n) is 3.22. The van der Waals surface area contributed by atoms with Gasteiger partial charge in [0.1, 0.15) is 11.9 Å². The molecule has 0 aliphatic heterocycles. The van der Waals surface area contributed by atoms with Gasteiger partial charge in [-0.1, -0.05) is 36.4 Å². The van der Waals surface area contributed by atoms with Crippen molar-refractivity contribution < 1.29 is 17.6 Å². The summed E-state index contributed by atoms with van der Waals surface area (Å²) in [5, 5.41) is 11.6. The number of hydrogen-bond acceptors (Lipinski definition) is 4. The lowest BCUT2D eigenvalue weighted by atomic mass is 10.1. The maximum atomic E-state index is 13.4. The van der Waals surface area contributed by atoms with Crippen molar-refractivity contribution in [3.05, 3.63) is 89.8 Å². The highest BCUT2D eigenvalue weighted by molar-refractivity contribution is 7.89. The molecule has 0 spiro atoms. The van der Waals surface area contributed by atoms with Crippen LogP contribution in [0.5, 0.6) is 0 Å². The molecule has 0 saturated heterocycles. The summed E-state index contributed by atoms with van der Waals surface area (Å²) in [4.78, 5) is 12.4. The van der Waals surface area contributed by atoms with E-state index in [0.29, 0.717) is 22.4 Å². The second-order valence-electron chi connectivity index (χ2n) is 8.60. The van der Waals surface area contributed by atoms with Gasteiger partial charge in [0.05, 0.1) is 10.5 Å². The number of halogens is 1. The van der Waals surface area contributed by atoms with Gasteiger partial charge in [-0.2, -0.15) is 5.26 Å². The van der Waals surface area contributed by atoms with Crippen LogP contribution in [0.4, 0.5) is 10.1 Å². The molecule has 8 heteroatoms. The van der Waals surface area contributed by atoms with E-state index in [1.165, 1.54) is 30.4 Å². The third kappa shape index (κ3) is 6.38. The van der Waals surface area contributed by atoms with Crippen molar-refractivity contribution in [3.63, 3.8) is 0 Å². The van der Waals surface area contributed by atoms with Crippen LogP contribution >= 0.6 is 0 Å². The van der Waals surface area contributed by atoms with E-state index in [9.17, 15) is 17.6 Å². The predicted molar refractivity (Wildman–Crippen MR) is 131 cm³/mol. The number of rotatable bonds is 6. The van der Waals surface area contributed by atoms with Crippen molar-refractivity contribution >= 4 is 27.7 Å². The highest BCUT2D eigenvalue weighted by Crippen LogP contribution is 2.29. The number of anilines is 1. The summed E-state index contributed by atoms with van der Waals surface area (Å²) in [6.45, 7) is 5.33. The summed E-state index contributed by atoms with van der Waals surface area (Å²) in [6, 6.07) is 19.3. The molecule has 2 N–H and O–H groups in total. The van der Waals surface area contributed by atoms with Gasteiger partial charge in [-0.05, 0) is 68.3 Å². The number of nitrogens with one attached hydrogen (secondary N) is 2. The average molecular weight is 478 g/mol. The third-order valence-electron chi connectivity index (χ3n) is 4.62. The van der Waals surface area contributed by atoms with Crippen LogP contribution < -0.4 is 10.0 Å². The van der Waals surface area contributed by atoms with Crippen molar-refractivity contribution in [1.82, 2.24) is 4.72 Å². The molecule has 0 heterocycles. The molecule has 0 aromatic heterocycles. The van der Waals surface area contributed by atoms with E-state index in [0.717, 1.165) is 0 Å². The molecule has 0 bridgehead atoms. The third-order valence-corrected chi connectivity index (χ3v) is 6.43. The van der Waals surface area contributed by atoms with Crippen LogP contribution in [0.2, 0.25) is 0 Å². The van der Waals surface area contributed by atoms with E-state index in [1.807, 2.05) is 0 Å². The largest absolute Gasteiger partial charge is 0.323 e. The van der Waals surface area contributed by atoms with Crippen molar-refractivity contribution in [1.29, 1.82) is 5.26 Å². The molecule has 0 fully saturated rings. The number of carbonyl (C=O) groups is 1. The average Bonchev–Trinajstić information content (AvgIpc) is 2.77. The molecule has 0 atom stereocenters. The monoisotopic (exact) mass is 477 g/mol. The zero-order valence-electron chi connectivity index (χ0n) is 19.0. The zero-order chi connectivity index (χ0) is 24.9. The van der Waals surface area contributed by atoms with E-state index in [-0.39, 0.29) is 10.5 Å². The standard InChI is InChI=1S/C26H24FN3O3S/c1-26(2,3)30-34(32,33)24-7-5-4-6-22(24)19-10-12-21(13-11-19)29-25(31)15-9-18-8-14-23(27)20(16-18)17-28/h4-16,30H,1-3H3,(H,29,31). The molecule has 6 nitrogen and oxygen atoms in total. The first-order valence-corrected chi connectivity index (χ1v) is 11.9. The van der Waals surface area contributed by atoms with Gasteiger partial charge in [-0.25, -0.2) is 17.5 Å². The number of carbonyl (C=O) groups excluding carboxylic acids is 1. The van der Waals surface area contributed by atoms with E-state index in [4.69, 9.17) is 5.26 Å². The first-order chi connectivity index (χ1) is 16.0. The summed E-state index contributed by atoms with van der Waals surface area (Å²) in [6.07, 6.45) is 2.76. The highest BCUT2D eigenvalue weighted by Gasteiger charge is 2.24. The Balaban J connectivity index is 1.76. The van der Waals surface area contributed by atoms with Gasteiger partial charge in [0, 0.05) is 22.9 Å². The Morgan fingerprint density at radius 3 is 2.35 bits per heavy atom. The van der Waals surface area contributed by atoms with Crippen LogP contribution in [0.15, 0.2) is 77.7 Å². The molecule has 174 valence electrons. The zero-order valence-corrected chi connectivity index (χ0v) is 19.8. The number of sulfonamides is 1. The van der Waals surface area contributed by atoms with Crippen molar-refractivity contribution in [2.45, 2.75) is 31.2 Å². The smallest absolute Gasteiger partial charge is 0.248 e. The van der Waals surface area contributed by atoms with Gasteiger partial charge in [-0.15, -0.1) is 0 Å². The van der Waals surface area contributed by atoms with Gasteiger partial charge >= 0.3 is 0 Å². The molecule has 3 rings (SSSR count). The number of hydrogen-bond donors (Lipinski definition) is 2. The lowest BCUT2D eigenvalue weighted by molar-refractivity contribution is -0.111. The van der Waals surface area contributed by atoms with Gasteiger partial charge < -0.3 is 5.32 Å². The summed E-state index contributed by atoms with van der Waals surface area (Å²) < 4.78 is 41.9. The molecule has 0 radical (unpaired) electrons. The van der Waals surface area contributed by atoms with Crippen molar-refractivity contribution in [2.24, 2.45) is 0 Å². The fourth-order valence-corrected chi connectivity index (χ4v) is 4.87. The molecule has 1 amide bonds. The van der Waals surface area contributed by atoms with E-state index >= 15 is 0 Å². The predicted octanol–water partition coefficient (Wildman–Crippen LogP) is 5.09. The maximum Gasteiger partial charge on any atom is 0.248 e. The Hall–Kier alpha value is -3.80. The maximum absolute atomic E-state index is 13.4. The SMILES string of the molecule is CC(C)(C)NS(=O)(=O)c1ccccc1-c1ccc(NC(=O)C=Cc2ccc(F)c(C#N)c2)cc1. The summed E-state index contributed by atoms with van der Waals surface area (Å²) in [7, 11) is -3.74. The Labute approximate surface area is 198 Å². The van der Waals surface area contributed by atoms with Crippen LogP contribution in [0, 0.1) is 17.1 Å². The van der Waals surface area contributed by atoms with Crippen LogP contribution in [0.25, 0.3) is 17.2 Å². The second kappa shape index (κ2) is 10.00.